The lowest BCUT2D eigenvalue weighted by atomic mass is 10.1. The van der Waals surface area contributed by atoms with E-state index in [0.29, 0.717) is 29.1 Å². The number of aromatic nitrogens is 3. The summed E-state index contributed by atoms with van der Waals surface area (Å²) in [5.74, 6) is -1.22. The van der Waals surface area contributed by atoms with Gasteiger partial charge in [0.25, 0.3) is 5.91 Å². The van der Waals surface area contributed by atoms with Crippen LogP contribution >= 0.6 is 0 Å². The molecular weight excluding hydrogens is 475 g/mol. The summed E-state index contributed by atoms with van der Waals surface area (Å²) in [5, 5.41) is 6.90. The van der Waals surface area contributed by atoms with Crippen molar-refractivity contribution in [3.05, 3.63) is 83.7 Å². The van der Waals surface area contributed by atoms with Crippen molar-refractivity contribution in [2.75, 3.05) is 32.6 Å². The first kappa shape index (κ1) is 24.9. The van der Waals surface area contributed by atoms with Gasteiger partial charge in [0.1, 0.15) is 12.2 Å². The van der Waals surface area contributed by atoms with E-state index in [1.165, 1.54) is 29.0 Å². The standard InChI is InChI=1S/C25H22F3N5O3/c1-32(2)11-12-36-24(35)20-15-30-33-21(9-10-29-22(20)33)16-5-4-8-19(14-16)31-23(34)17-6-3-7-18(13-17)25(26,27)28/h3-10,13-15H,11-12H2,1-2H3,(H,31,34). The van der Waals surface area contributed by atoms with Gasteiger partial charge in [-0.05, 0) is 50.5 Å². The zero-order valence-electron chi connectivity index (χ0n) is 19.4. The Balaban J connectivity index is 1.57. The van der Waals surface area contributed by atoms with Crippen molar-refractivity contribution in [3.8, 4) is 11.3 Å². The Morgan fingerprint density at radius 1 is 1.08 bits per heavy atom. The fourth-order valence-electron chi connectivity index (χ4n) is 3.45. The average Bonchev–Trinajstić information content (AvgIpc) is 3.28. The molecule has 2 heterocycles. The van der Waals surface area contributed by atoms with Crippen molar-refractivity contribution in [2.24, 2.45) is 0 Å². The Bertz CT molecular complexity index is 1420. The largest absolute Gasteiger partial charge is 0.461 e. The van der Waals surface area contributed by atoms with Gasteiger partial charge in [-0.25, -0.2) is 14.3 Å². The topological polar surface area (TPSA) is 88.8 Å². The molecule has 8 nitrogen and oxygen atoms in total. The SMILES string of the molecule is CN(C)CCOC(=O)c1cnn2c(-c3cccc(NC(=O)c4cccc(C(F)(F)F)c4)c3)ccnc12. The number of fused-ring (bicyclic) bond motifs is 1. The number of hydrogen-bond acceptors (Lipinski definition) is 6. The second-order valence-electron chi connectivity index (χ2n) is 8.18. The second-order valence-corrected chi connectivity index (χ2v) is 8.18. The highest BCUT2D eigenvalue weighted by Gasteiger charge is 2.31. The molecule has 0 atom stereocenters. The molecule has 4 aromatic rings. The molecule has 186 valence electrons. The van der Waals surface area contributed by atoms with Crippen molar-refractivity contribution < 1.29 is 27.5 Å². The van der Waals surface area contributed by atoms with Gasteiger partial charge in [-0.3, -0.25) is 4.79 Å². The number of anilines is 1. The minimum Gasteiger partial charge on any atom is -0.461 e. The van der Waals surface area contributed by atoms with Crippen LogP contribution in [0.15, 0.2) is 67.0 Å². The van der Waals surface area contributed by atoms with E-state index in [1.807, 2.05) is 19.0 Å². The van der Waals surface area contributed by atoms with Crippen molar-refractivity contribution >= 4 is 23.2 Å². The molecule has 0 unspecified atom stereocenters. The predicted octanol–water partition coefficient (Wildman–Crippen LogP) is 4.39. The van der Waals surface area contributed by atoms with Gasteiger partial charge in [-0.1, -0.05) is 18.2 Å². The third kappa shape index (κ3) is 5.52. The summed E-state index contributed by atoms with van der Waals surface area (Å²) >= 11 is 0. The van der Waals surface area contributed by atoms with E-state index in [-0.39, 0.29) is 17.7 Å². The first-order valence-electron chi connectivity index (χ1n) is 10.9. The highest BCUT2D eigenvalue weighted by Crippen LogP contribution is 2.30. The molecule has 0 saturated heterocycles. The Hall–Kier alpha value is -4.25. The Morgan fingerprint density at radius 3 is 2.61 bits per heavy atom. The molecular formula is C25H22F3N5O3. The second kappa shape index (κ2) is 10.2. The Kier molecular flexibility index (Phi) is 7.02. The Morgan fingerprint density at radius 2 is 1.86 bits per heavy atom. The lowest BCUT2D eigenvalue weighted by Gasteiger charge is -2.11. The van der Waals surface area contributed by atoms with E-state index in [4.69, 9.17) is 4.74 Å². The number of halogens is 3. The van der Waals surface area contributed by atoms with Crippen LogP contribution < -0.4 is 5.32 Å². The summed E-state index contributed by atoms with van der Waals surface area (Å²) in [6.45, 7) is 0.791. The number of nitrogens with one attached hydrogen (secondary N) is 1. The van der Waals surface area contributed by atoms with Gasteiger partial charge in [0.2, 0.25) is 0 Å². The third-order valence-electron chi connectivity index (χ3n) is 5.26. The number of nitrogens with zero attached hydrogens (tertiary/aromatic N) is 4. The number of alkyl halides is 3. The van der Waals surface area contributed by atoms with Crippen LogP contribution in [-0.2, 0) is 10.9 Å². The van der Waals surface area contributed by atoms with Crippen LogP contribution in [0.1, 0.15) is 26.3 Å². The molecule has 11 heteroatoms. The normalized spacial score (nSPS) is 11.6. The van der Waals surface area contributed by atoms with Gasteiger partial charge in [0, 0.05) is 29.6 Å². The first-order valence-corrected chi connectivity index (χ1v) is 10.9. The molecule has 2 aromatic carbocycles. The minimum absolute atomic E-state index is 0.119. The monoisotopic (exact) mass is 497 g/mol. The van der Waals surface area contributed by atoms with Gasteiger partial charge < -0.3 is 15.0 Å². The van der Waals surface area contributed by atoms with Crippen LogP contribution in [0.2, 0.25) is 0 Å². The van der Waals surface area contributed by atoms with Crippen molar-refractivity contribution in [2.45, 2.75) is 6.18 Å². The lowest BCUT2D eigenvalue weighted by Crippen LogP contribution is -2.20. The quantitative estimate of drug-likeness (QED) is 0.381. The maximum absolute atomic E-state index is 13.0. The maximum atomic E-state index is 13.0. The Labute approximate surface area is 204 Å². The molecule has 1 N–H and O–H groups in total. The van der Waals surface area contributed by atoms with Crippen molar-refractivity contribution in [3.63, 3.8) is 0 Å². The number of benzene rings is 2. The van der Waals surface area contributed by atoms with Crippen LogP contribution in [0.5, 0.6) is 0 Å². The molecule has 0 aliphatic heterocycles. The summed E-state index contributed by atoms with van der Waals surface area (Å²) in [7, 11) is 3.74. The molecule has 0 radical (unpaired) electrons. The molecule has 0 bridgehead atoms. The molecule has 0 aliphatic rings. The molecule has 4 rings (SSSR count). The molecule has 0 spiro atoms. The molecule has 0 aliphatic carbocycles. The van der Waals surface area contributed by atoms with E-state index in [9.17, 15) is 22.8 Å². The highest BCUT2D eigenvalue weighted by atomic mass is 19.4. The van der Waals surface area contributed by atoms with Crippen LogP contribution in [0.4, 0.5) is 18.9 Å². The molecule has 0 fully saturated rings. The van der Waals surface area contributed by atoms with Gasteiger partial charge in [0.15, 0.2) is 5.65 Å². The number of ether oxygens (including phenoxy) is 1. The van der Waals surface area contributed by atoms with Gasteiger partial charge in [0.05, 0.1) is 17.5 Å². The summed E-state index contributed by atoms with van der Waals surface area (Å²) in [5.41, 5.74) is 1.09. The van der Waals surface area contributed by atoms with E-state index < -0.39 is 23.6 Å². The molecule has 36 heavy (non-hydrogen) atoms. The summed E-state index contributed by atoms with van der Waals surface area (Å²) in [4.78, 5) is 31.2. The summed E-state index contributed by atoms with van der Waals surface area (Å²) in [6, 6.07) is 12.6. The number of likely N-dealkylation sites (N-methyl/N-ethyl adjacent to an activating group) is 1. The van der Waals surface area contributed by atoms with Crippen molar-refractivity contribution in [1.82, 2.24) is 19.5 Å². The number of hydrogen-bond donors (Lipinski definition) is 1. The maximum Gasteiger partial charge on any atom is 0.416 e. The average molecular weight is 497 g/mol. The predicted molar refractivity (Wildman–Crippen MR) is 127 cm³/mol. The number of amides is 1. The number of carbonyl (C=O) groups is 2. The van der Waals surface area contributed by atoms with Crippen LogP contribution in [0.3, 0.4) is 0 Å². The lowest BCUT2D eigenvalue weighted by molar-refractivity contribution is -0.137. The van der Waals surface area contributed by atoms with E-state index in [1.54, 1.807) is 30.3 Å². The minimum atomic E-state index is -4.55. The smallest absolute Gasteiger partial charge is 0.416 e. The van der Waals surface area contributed by atoms with E-state index in [0.717, 1.165) is 12.1 Å². The zero-order chi connectivity index (χ0) is 25.9. The first-order chi connectivity index (χ1) is 17.1. The van der Waals surface area contributed by atoms with E-state index >= 15 is 0 Å². The van der Waals surface area contributed by atoms with Crippen LogP contribution in [0, 0.1) is 0 Å². The van der Waals surface area contributed by atoms with Crippen LogP contribution in [0.25, 0.3) is 16.9 Å². The van der Waals surface area contributed by atoms with Gasteiger partial charge in [-0.2, -0.15) is 18.3 Å². The van der Waals surface area contributed by atoms with E-state index in [2.05, 4.69) is 15.4 Å². The third-order valence-corrected chi connectivity index (χ3v) is 5.26. The van der Waals surface area contributed by atoms with Gasteiger partial charge >= 0.3 is 12.1 Å². The van der Waals surface area contributed by atoms with Gasteiger partial charge in [-0.15, -0.1) is 0 Å². The van der Waals surface area contributed by atoms with Crippen molar-refractivity contribution in [1.29, 1.82) is 0 Å². The summed E-state index contributed by atoms with van der Waals surface area (Å²) < 4.78 is 45.8. The number of esters is 1. The summed E-state index contributed by atoms with van der Waals surface area (Å²) in [6.07, 6.45) is -1.65. The van der Waals surface area contributed by atoms with Crippen LogP contribution in [-0.4, -0.2) is 58.6 Å². The molecule has 1 amide bonds. The zero-order valence-corrected chi connectivity index (χ0v) is 19.4. The highest BCUT2D eigenvalue weighted by molar-refractivity contribution is 6.04. The number of carbonyl (C=O) groups excluding carboxylic acids is 2. The fourth-order valence-corrected chi connectivity index (χ4v) is 3.45. The number of rotatable bonds is 7. The molecule has 2 aromatic heterocycles. The molecule has 0 saturated carbocycles. The fraction of sp³-hybridized carbons (Fsp3) is 0.200.